The maximum atomic E-state index is 12.9. The molecule has 0 bridgehead atoms. The molecular formula is C23H26N6O2. The fourth-order valence-electron chi connectivity index (χ4n) is 4.58. The van der Waals surface area contributed by atoms with E-state index in [1.165, 1.54) is 31.0 Å². The molecule has 31 heavy (non-hydrogen) atoms. The number of amides is 2. The molecule has 3 heterocycles. The molecule has 8 nitrogen and oxygen atoms in total. The summed E-state index contributed by atoms with van der Waals surface area (Å²) in [7, 11) is 0. The molecule has 160 valence electrons. The van der Waals surface area contributed by atoms with E-state index >= 15 is 0 Å². The normalized spacial score (nSPS) is 16.3. The minimum atomic E-state index is -0.127. The first-order valence-electron chi connectivity index (χ1n) is 10.9. The first-order valence-corrected chi connectivity index (χ1v) is 10.9. The van der Waals surface area contributed by atoms with Crippen LogP contribution in [-0.4, -0.2) is 57.5 Å². The van der Waals surface area contributed by atoms with Crippen molar-refractivity contribution in [1.29, 1.82) is 0 Å². The van der Waals surface area contributed by atoms with E-state index in [1.807, 2.05) is 21.8 Å². The molecule has 0 saturated carbocycles. The predicted octanol–water partition coefficient (Wildman–Crippen LogP) is 2.53. The van der Waals surface area contributed by atoms with Gasteiger partial charge in [0.1, 0.15) is 5.52 Å². The number of benzene rings is 1. The Kier molecular flexibility index (Phi) is 5.05. The van der Waals surface area contributed by atoms with E-state index in [9.17, 15) is 9.59 Å². The van der Waals surface area contributed by atoms with Gasteiger partial charge in [-0.25, -0.2) is 9.50 Å². The Hall–Kier alpha value is -3.42. The topological polar surface area (TPSA) is 82.8 Å². The van der Waals surface area contributed by atoms with Gasteiger partial charge in [0.2, 0.25) is 5.91 Å². The molecular weight excluding hydrogens is 392 g/mol. The highest BCUT2D eigenvalue weighted by Crippen LogP contribution is 2.30. The van der Waals surface area contributed by atoms with Crippen LogP contribution in [0.5, 0.6) is 0 Å². The number of aryl methyl sites for hydroxylation is 2. The van der Waals surface area contributed by atoms with Gasteiger partial charge in [-0.15, -0.1) is 0 Å². The van der Waals surface area contributed by atoms with Crippen molar-refractivity contribution in [3.63, 3.8) is 0 Å². The van der Waals surface area contributed by atoms with Gasteiger partial charge in [0.05, 0.1) is 5.69 Å². The zero-order chi connectivity index (χ0) is 21.4. The number of carbonyl (C=O) groups is 2. The molecule has 0 unspecified atom stereocenters. The standard InChI is InChI=1S/C23H26N6O2/c1-16(30)25-18-8-6-17(7-9-18)23(31)28-14-12-27(13-15-28)22-21-19-4-2-3-5-20(19)26-29(21)11-10-24-22/h6-11H,2-5,12-15H2,1H3,(H,25,30). The van der Waals surface area contributed by atoms with Gasteiger partial charge in [0, 0.05) is 62.3 Å². The van der Waals surface area contributed by atoms with Crippen LogP contribution in [0.3, 0.4) is 0 Å². The second-order valence-electron chi connectivity index (χ2n) is 8.21. The molecule has 1 saturated heterocycles. The SMILES string of the molecule is CC(=O)Nc1ccc(C(=O)N2CCN(c3nccn4nc5c(c34)CCCC5)CC2)cc1. The number of nitrogens with zero attached hydrogens (tertiary/aromatic N) is 5. The molecule has 0 atom stereocenters. The molecule has 1 aromatic carbocycles. The van der Waals surface area contributed by atoms with Crippen molar-refractivity contribution in [2.24, 2.45) is 0 Å². The average Bonchev–Trinajstić information content (AvgIpc) is 3.18. The molecule has 1 fully saturated rings. The Morgan fingerprint density at radius 2 is 1.74 bits per heavy atom. The highest BCUT2D eigenvalue weighted by Gasteiger charge is 2.26. The van der Waals surface area contributed by atoms with E-state index in [4.69, 9.17) is 10.1 Å². The van der Waals surface area contributed by atoms with E-state index in [1.54, 1.807) is 24.3 Å². The van der Waals surface area contributed by atoms with Gasteiger partial charge in [-0.2, -0.15) is 5.10 Å². The minimum Gasteiger partial charge on any atom is -0.351 e. The molecule has 3 aromatic rings. The monoisotopic (exact) mass is 418 g/mol. The third-order valence-electron chi connectivity index (χ3n) is 6.12. The van der Waals surface area contributed by atoms with Crippen LogP contribution in [-0.2, 0) is 17.6 Å². The van der Waals surface area contributed by atoms with Crippen LogP contribution >= 0.6 is 0 Å². The van der Waals surface area contributed by atoms with E-state index in [2.05, 4.69) is 10.2 Å². The van der Waals surface area contributed by atoms with Crippen LogP contribution in [0.25, 0.3) is 5.52 Å². The molecule has 8 heteroatoms. The lowest BCUT2D eigenvalue weighted by Gasteiger charge is -2.35. The smallest absolute Gasteiger partial charge is 0.253 e. The molecule has 2 aromatic heterocycles. The van der Waals surface area contributed by atoms with E-state index in [0.717, 1.165) is 37.3 Å². The van der Waals surface area contributed by atoms with E-state index in [0.29, 0.717) is 24.3 Å². The van der Waals surface area contributed by atoms with Gasteiger partial charge in [-0.05, 0) is 49.9 Å². The number of piperazine rings is 1. The van der Waals surface area contributed by atoms with Crippen LogP contribution in [0, 0.1) is 0 Å². The molecule has 0 spiro atoms. The maximum Gasteiger partial charge on any atom is 0.253 e. The lowest BCUT2D eigenvalue weighted by atomic mass is 9.97. The van der Waals surface area contributed by atoms with Gasteiger partial charge in [0.15, 0.2) is 5.82 Å². The summed E-state index contributed by atoms with van der Waals surface area (Å²) in [5.74, 6) is 0.866. The zero-order valence-electron chi connectivity index (χ0n) is 17.7. The van der Waals surface area contributed by atoms with Crippen molar-refractivity contribution in [1.82, 2.24) is 19.5 Å². The third-order valence-corrected chi connectivity index (χ3v) is 6.12. The van der Waals surface area contributed by atoms with Gasteiger partial charge in [-0.3, -0.25) is 9.59 Å². The average molecular weight is 419 g/mol. The van der Waals surface area contributed by atoms with E-state index < -0.39 is 0 Å². The largest absolute Gasteiger partial charge is 0.351 e. The summed E-state index contributed by atoms with van der Waals surface area (Å²) in [6.45, 7) is 4.23. The number of anilines is 2. The van der Waals surface area contributed by atoms with Crippen LogP contribution in [0.15, 0.2) is 36.7 Å². The van der Waals surface area contributed by atoms with Crippen molar-refractivity contribution in [3.8, 4) is 0 Å². The fourth-order valence-corrected chi connectivity index (χ4v) is 4.58. The quantitative estimate of drug-likeness (QED) is 0.707. The molecule has 1 aliphatic carbocycles. The van der Waals surface area contributed by atoms with Crippen molar-refractivity contribution < 1.29 is 9.59 Å². The van der Waals surface area contributed by atoms with Gasteiger partial charge >= 0.3 is 0 Å². The third kappa shape index (κ3) is 3.73. The van der Waals surface area contributed by atoms with Crippen LogP contribution < -0.4 is 10.2 Å². The number of carbonyl (C=O) groups excluding carboxylic acids is 2. The van der Waals surface area contributed by atoms with Crippen molar-refractivity contribution >= 4 is 28.8 Å². The first kappa shape index (κ1) is 19.5. The number of fused-ring (bicyclic) bond motifs is 3. The number of nitrogens with one attached hydrogen (secondary N) is 1. The van der Waals surface area contributed by atoms with Crippen LogP contribution in [0.4, 0.5) is 11.5 Å². The summed E-state index contributed by atoms with van der Waals surface area (Å²) in [5, 5.41) is 7.50. The summed E-state index contributed by atoms with van der Waals surface area (Å²) in [5.41, 5.74) is 5.00. The fraction of sp³-hybridized carbons (Fsp3) is 0.391. The van der Waals surface area contributed by atoms with Crippen molar-refractivity contribution in [3.05, 3.63) is 53.5 Å². The molecule has 1 aliphatic heterocycles. The minimum absolute atomic E-state index is 0.0157. The highest BCUT2D eigenvalue weighted by molar-refractivity contribution is 5.95. The van der Waals surface area contributed by atoms with E-state index in [-0.39, 0.29) is 11.8 Å². The number of hydrogen-bond donors (Lipinski definition) is 1. The second-order valence-corrected chi connectivity index (χ2v) is 8.21. The molecule has 5 rings (SSSR count). The first-order chi connectivity index (χ1) is 15.1. The lowest BCUT2D eigenvalue weighted by molar-refractivity contribution is -0.114. The van der Waals surface area contributed by atoms with Crippen molar-refractivity contribution in [2.45, 2.75) is 32.6 Å². The summed E-state index contributed by atoms with van der Waals surface area (Å²) >= 11 is 0. The van der Waals surface area contributed by atoms with Gasteiger partial charge < -0.3 is 15.1 Å². The maximum absolute atomic E-state index is 12.9. The molecule has 2 amide bonds. The van der Waals surface area contributed by atoms with Crippen LogP contribution in [0.2, 0.25) is 0 Å². The van der Waals surface area contributed by atoms with Gasteiger partial charge in [0.25, 0.3) is 5.91 Å². The lowest BCUT2D eigenvalue weighted by Crippen LogP contribution is -2.49. The second kappa shape index (κ2) is 8.02. The number of hydrogen-bond acceptors (Lipinski definition) is 5. The Morgan fingerprint density at radius 3 is 2.48 bits per heavy atom. The summed E-state index contributed by atoms with van der Waals surface area (Å²) in [6, 6.07) is 7.05. The summed E-state index contributed by atoms with van der Waals surface area (Å²) < 4.78 is 1.98. The van der Waals surface area contributed by atoms with Crippen LogP contribution in [0.1, 0.15) is 41.4 Å². The Morgan fingerprint density at radius 1 is 1.00 bits per heavy atom. The Labute approximate surface area is 180 Å². The molecule has 2 aliphatic rings. The number of rotatable bonds is 3. The molecule has 0 radical (unpaired) electrons. The zero-order valence-corrected chi connectivity index (χ0v) is 17.7. The van der Waals surface area contributed by atoms with Gasteiger partial charge in [-0.1, -0.05) is 0 Å². The predicted molar refractivity (Wildman–Crippen MR) is 118 cm³/mol. The molecule has 1 N–H and O–H groups in total. The summed E-state index contributed by atoms with van der Waals surface area (Å²) in [6.07, 6.45) is 8.25. The van der Waals surface area contributed by atoms with Crippen molar-refractivity contribution in [2.75, 3.05) is 36.4 Å². The number of aromatic nitrogens is 3. The summed E-state index contributed by atoms with van der Waals surface area (Å²) in [4.78, 5) is 33.0. The Balaban J connectivity index is 1.30. The Bertz CT molecular complexity index is 1130. The highest BCUT2D eigenvalue weighted by atomic mass is 16.2.